The molecule has 4 heteroatoms. The van der Waals surface area contributed by atoms with E-state index in [4.69, 9.17) is 0 Å². The van der Waals surface area contributed by atoms with Gasteiger partial charge in [0.1, 0.15) is 5.82 Å². The van der Waals surface area contributed by atoms with E-state index in [0.29, 0.717) is 6.42 Å². The van der Waals surface area contributed by atoms with Gasteiger partial charge in [0.05, 0.1) is 5.60 Å². The molecule has 1 nitrogen and oxygen atoms in total. The van der Waals surface area contributed by atoms with E-state index in [-0.39, 0.29) is 5.82 Å². The molecule has 2 rings (SSSR count). The highest BCUT2D eigenvalue weighted by Gasteiger charge is 2.26. The fourth-order valence-corrected chi connectivity index (χ4v) is 3.14. The highest BCUT2D eigenvalue weighted by molar-refractivity contribution is 9.10. The smallest absolute Gasteiger partial charge is 0.123 e. The van der Waals surface area contributed by atoms with E-state index in [1.54, 1.807) is 13.0 Å². The van der Waals surface area contributed by atoms with Crippen LogP contribution in [0.15, 0.2) is 51.4 Å². The minimum Gasteiger partial charge on any atom is -0.385 e. The molecule has 0 radical (unpaired) electrons. The highest BCUT2D eigenvalue weighted by atomic mass is 79.9. The van der Waals surface area contributed by atoms with Gasteiger partial charge in [-0.3, -0.25) is 0 Å². The van der Waals surface area contributed by atoms with E-state index in [2.05, 4.69) is 31.9 Å². The molecule has 2 aromatic carbocycles. The second-order valence-corrected chi connectivity index (χ2v) is 6.37. The number of benzene rings is 2. The highest BCUT2D eigenvalue weighted by Crippen LogP contribution is 2.33. The zero-order valence-corrected chi connectivity index (χ0v) is 13.5. The molecule has 0 bridgehead atoms. The third kappa shape index (κ3) is 3.44. The first kappa shape index (κ1) is 14.7. The number of aliphatic hydroxyl groups is 1. The van der Waals surface area contributed by atoms with Gasteiger partial charge in [-0.15, -0.1) is 0 Å². The molecule has 0 saturated heterocycles. The lowest BCUT2D eigenvalue weighted by atomic mass is 9.89. The first-order valence-corrected chi connectivity index (χ1v) is 7.40. The van der Waals surface area contributed by atoms with Crippen LogP contribution in [0.5, 0.6) is 0 Å². The van der Waals surface area contributed by atoms with Crippen LogP contribution in [-0.2, 0) is 12.0 Å². The SMILES string of the molecule is CC(O)(Cc1cc(F)ccc1Br)c1ccccc1Br. The van der Waals surface area contributed by atoms with E-state index in [1.807, 2.05) is 24.3 Å². The Bertz CT molecular complexity index is 596. The van der Waals surface area contributed by atoms with Gasteiger partial charge >= 0.3 is 0 Å². The zero-order valence-electron chi connectivity index (χ0n) is 10.3. The third-order valence-corrected chi connectivity index (χ3v) is 4.46. The molecule has 0 aromatic heterocycles. The summed E-state index contributed by atoms with van der Waals surface area (Å²) in [5.41, 5.74) is 0.447. The van der Waals surface area contributed by atoms with Crippen LogP contribution in [0, 0.1) is 5.82 Å². The number of rotatable bonds is 3. The van der Waals surface area contributed by atoms with Crippen molar-refractivity contribution in [1.82, 2.24) is 0 Å². The summed E-state index contributed by atoms with van der Waals surface area (Å²) in [5, 5.41) is 10.7. The van der Waals surface area contributed by atoms with Crippen molar-refractivity contribution in [3.05, 3.63) is 68.4 Å². The average Bonchev–Trinajstić information content (AvgIpc) is 2.34. The Labute approximate surface area is 128 Å². The van der Waals surface area contributed by atoms with E-state index in [1.165, 1.54) is 12.1 Å². The fourth-order valence-electron chi connectivity index (χ4n) is 2.04. The predicted molar refractivity (Wildman–Crippen MR) is 81.5 cm³/mol. The van der Waals surface area contributed by atoms with E-state index >= 15 is 0 Å². The molecule has 100 valence electrons. The van der Waals surface area contributed by atoms with Crippen molar-refractivity contribution in [3.63, 3.8) is 0 Å². The van der Waals surface area contributed by atoms with Gasteiger partial charge in [0.15, 0.2) is 0 Å². The Morgan fingerprint density at radius 3 is 2.47 bits per heavy atom. The van der Waals surface area contributed by atoms with E-state index in [0.717, 1.165) is 20.1 Å². The van der Waals surface area contributed by atoms with Gasteiger partial charge in [0.25, 0.3) is 0 Å². The lowest BCUT2D eigenvalue weighted by Gasteiger charge is -2.25. The third-order valence-electron chi connectivity index (χ3n) is 3.00. The van der Waals surface area contributed by atoms with Gasteiger partial charge in [-0.25, -0.2) is 4.39 Å². The molecule has 0 fully saturated rings. The molecule has 1 unspecified atom stereocenters. The average molecular weight is 388 g/mol. The van der Waals surface area contributed by atoms with Crippen LogP contribution < -0.4 is 0 Å². The van der Waals surface area contributed by atoms with Crippen LogP contribution in [-0.4, -0.2) is 5.11 Å². The van der Waals surface area contributed by atoms with Crippen molar-refractivity contribution in [2.75, 3.05) is 0 Å². The van der Waals surface area contributed by atoms with Gasteiger partial charge < -0.3 is 5.11 Å². The lowest BCUT2D eigenvalue weighted by Crippen LogP contribution is -2.25. The first-order valence-electron chi connectivity index (χ1n) is 5.81. The van der Waals surface area contributed by atoms with Crippen molar-refractivity contribution in [3.8, 4) is 0 Å². The summed E-state index contributed by atoms with van der Waals surface area (Å²) in [6.45, 7) is 1.73. The van der Waals surface area contributed by atoms with Crippen LogP contribution >= 0.6 is 31.9 Å². The van der Waals surface area contributed by atoms with Crippen LogP contribution in [0.2, 0.25) is 0 Å². The van der Waals surface area contributed by atoms with Gasteiger partial charge in [-0.05, 0) is 42.3 Å². The molecule has 0 heterocycles. The number of hydrogen-bond donors (Lipinski definition) is 1. The quantitative estimate of drug-likeness (QED) is 0.801. The predicted octanol–water partition coefficient (Wildman–Crippen LogP) is 4.80. The van der Waals surface area contributed by atoms with Gasteiger partial charge in [0.2, 0.25) is 0 Å². The minimum absolute atomic E-state index is 0.305. The van der Waals surface area contributed by atoms with Gasteiger partial charge in [-0.2, -0.15) is 0 Å². The van der Waals surface area contributed by atoms with E-state index in [9.17, 15) is 9.50 Å². The lowest BCUT2D eigenvalue weighted by molar-refractivity contribution is 0.0566. The van der Waals surface area contributed by atoms with Gasteiger partial charge in [-0.1, -0.05) is 50.1 Å². The summed E-state index contributed by atoms with van der Waals surface area (Å²) in [6, 6.07) is 12.0. The standard InChI is InChI=1S/C15H13Br2FO/c1-15(19,12-4-2-3-5-14(12)17)9-10-8-11(18)6-7-13(10)16/h2-8,19H,9H2,1H3. The monoisotopic (exact) mass is 386 g/mol. The molecule has 19 heavy (non-hydrogen) atoms. The molecule has 0 aliphatic rings. The number of hydrogen-bond acceptors (Lipinski definition) is 1. The number of halogens is 3. The van der Waals surface area contributed by atoms with Gasteiger partial charge in [0, 0.05) is 15.4 Å². The Balaban J connectivity index is 2.36. The maximum Gasteiger partial charge on any atom is 0.123 e. The maximum absolute atomic E-state index is 13.3. The molecular formula is C15H13Br2FO. The second-order valence-electron chi connectivity index (χ2n) is 4.67. The van der Waals surface area contributed by atoms with Crippen molar-refractivity contribution in [2.24, 2.45) is 0 Å². The van der Waals surface area contributed by atoms with Crippen molar-refractivity contribution >= 4 is 31.9 Å². The molecule has 0 amide bonds. The summed E-state index contributed by atoms with van der Waals surface area (Å²) in [6.07, 6.45) is 0.327. The van der Waals surface area contributed by atoms with E-state index < -0.39 is 5.60 Å². The Morgan fingerprint density at radius 2 is 1.79 bits per heavy atom. The largest absolute Gasteiger partial charge is 0.385 e. The summed E-state index contributed by atoms with van der Waals surface area (Å²) in [5.74, 6) is -0.305. The molecule has 0 aliphatic heterocycles. The Morgan fingerprint density at radius 1 is 1.11 bits per heavy atom. The first-order chi connectivity index (χ1) is 8.90. The van der Waals surface area contributed by atoms with Crippen LogP contribution in [0.3, 0.4) is 0 Å². The normalized spacial score (nSPS) is 14.2. The fraction of sp³-hybridized carbons (Fsp3) is 0.200. The molecule has 1 atom stereocenters. The Hall–Kier alpha value is -0.710. The molecular weight excluding hydrogens is 375 g/mol. The molecule has 0 aliphatic carbocycles. The van der Waals surface area contributed by atoms with Crippen LogP contribution in [0.4, 0.5) is 4.39 Å². The molecule has 0 spiro atoms. The Kier molecular flexibility index (Phi) is 4.43. The molecule has 0 saturated carbocycles. The van der Waals surface area contributed by atoms with Crippen molar-refractivity contribution in [2.45, 2.75) is 18.9 Å². The topological polar surface area (TPSA) is 20.2 Å². The second kappa shape index (κ2) is 5.73. The summed E-state index contributed by atoms with van der Waals surface area (Å²) < 4.78 is 14.9. The maximum atomic E-state index is 13.3. The molecule has 1 N–H and O–H groups in total. The summed E-state index contributed by atoms with van der Waals surface area (Å²) in [7, 11) is 0. The van der Waals surface area contributed by atoms with Crippen molar-refractivity contribution < 1.29 is 9.50 Å². The summed E-state index contributed by atoms with van der Waals surface area (Å²) >= 11 is 6.82. The van der Waals surface area contributed by atoms with Crippen LogP contribution in [0.25, 0.3) is 0 Å². The molecule has 2 aromatic rings. The zero-order chi connectivity index (χ0) is 14.0. The summed E-state index contributed by atoms with van der Waals surface area (Å²) in [4.78, 5) is 0. The van der Waals surface area contributed by atoms with Crippen LogP contribution in [0.1, 0.15) is 18.1 Å². The minimum atomic E-state index is -1.07. The van der Waals surface area contributed by atoms with Crippen molar-refractivity contribution in [1.29, 1.82) is 0 Å².